The third-order valence-corrected chi connectivity index (χ3v) is 2.28. The number of carbonyl (C=O) groups excluding carboxylic acids is 1. The molecule has 84 valence electrons. The molecule has 0 saturated carbocycles. The van der Waals surface area contributed by atoms with E-state index in [1.165, 1.54) is 4.31 Å². The van der Waals surface area contributed by atoms with E-state index >= 15 is 0 Å². The Labute approximate surface area is 93.0 Å². The van der Waals surface area contributed by atoms with Crippen molar-refractivity contribution in [2.45, 2.75) is 39.5 Å². The number of nitrogens with zero attached hydrogens (tertiary/aromatic N) is 2. The lowest BCUT2D eigenvalue weighted by molar-refractivity contribution is 0.184. The van der Waals surface area contributed by atoms with E-state index in [9.17, 15) is 4.79 Å². The van der Waals surface area contributed by atoms with Crippen LogP contribution in [0.3, 0.4) is 0 Å². The molecule has 0 N–H and O–H groups in total. The van der Waals surface area contributed by atoms with Gasteiger partial charge in [0.05, 0.1) is 0 Å². The molecule has 0 fully saturated rings. The van der Waals surface area contributed by atoms with Gasteiger partial charge >= 0.3 is 6.03 Å². The second-order valence-electron chi connectivity index (χ2n) is 3.50. The second-order valence-corrected chi connectivity index (χ2v) is 4.10. The molecule has 0 aliphatic rings. The van der Waals surface area contributed by atoms with Gasteiger partial charge in [0.15, 0.2) is 0 Å². The van der Waals surface area contributed by atoms with Gasteiger partial charge in [0.2, 0.25) is 0 Å². The number of unbranched alkanes of at least 4 members (excludes halogenated alkanes) is 2. The Bertz CT molecular complexity index is 154. The minimum absolute atomic E-state index is 0.00948. The number of hydrogen-bond acceptors (Lipinski definition) is 2. The molecule has 0 radical (unpaired) electrons. The van der Waals surface area contributed by atoms with Gasteiger partial charge in [-0.1, -0.05) is 39.5 Å². The largest absolute Gasteiger partial charge is 0.329 e. The van der Waals surface area contributed by atoms with Gasteiger partial charge in [0, 0.05) is 20.1 Å². The predicted molar refractivity (Wildman–Crippen MR) is 63.5 cm³/mol. The van der Waals surface area contributed by atoms with Crippen molar-refractivity contribution in [3.8, 4) is 0 Å². The number of carbonyl (C=O) groups is 1. The second kappa shape index (κ2) is 7.97. The Balaban J connectivity index is 4.01. The number of rotatable bonds is 6. The fraction of sp³-hybridized carbons (Fsp3) is 0.900. The lowest BCUT2D eigenvalue weighted by Crippen LogP contribution is -2.38. The van der Waals surface area contributed by atoms with Crippen LogP contribution in [0.1, 0.15) is 39.5 Å². The van der Waals surface area contributed by atoms with Gasteiger partial charge in [-0.15, -0.1) is 0 Å². The standard InChI is InChI=1S/C10H22N2OS/c1-4-6-8-12(9-7-5-2)10(13)11(3)14/h14H,4-9H2,1-3H3. The summed E-state index contributed by atoms with van der Waals surface area (Å²) < 4.78 is 1.35. The van der Waals surface area contributed by atoms with Crippen LogP contribution < -0.4 is 0 Å². The maximum absolute atomic E-state index is 11.6. The maximum Gasteiger partial charge on any atom is 0.329 e. The van der Waals surface area contributed by atoms with Gasteiger partial charge in [-0.2, -0.15) is 0 Å². The quantitative estimate of drug-likeness (QED) is 0.681. The van der Waals surface area contributed by atoms with Crippen LogP contribution in [0.25, 0.3) is 0 Å². The van der Waals surface area contributed by atoms with Crippen LogP contribution in [0.4, 0.5) is 4.79 Å². The Hall–Kier alpha value is -0.380. The highest BCUT2D eigenvalue weighted by Crippen LogP contribution is 2.04. The highest BCUT2D eigenvalue weighted by atomic mass is 32.1. The van der Waals surface area contributed by atoms with E-state index in [2.05, 4.69) is 26.7 Å². The molecular weight excluding hydrogens is 196 g/mol. The molecule has 4 heteroatoms. The van der Waals surface area contributed by atoms with Gasteiger partial charge < -0.3 is 4.90 Å². The summed E-state index contributed by atoms with van der Waals surface area (Å²) >= 11 is 4.02. The molecule has 0 aromatic carbocycles. The molecule has 0 spiro atoms. The number of urea groups is 1. The fourth-order valence-electron chi connectivity index (χ4n) is 1.21. The van der Waals surface area contributed by atoms with E-state index in [-0.39, 0.29) is 6.03 Å². The zero-order chi connectivity index (χ0) is 11.0. The lowest BCUT2D eigenvalue weighted by Gasteiger charge is -2.25. The third kappa shape index (κ3) is 5.37. The normalized spacial score (nSPS) is 10.0. The van der Waals surface area contributed by atoms with Crippen molar-refractivity contribution in [1.29, 1.82) is 0 Å². The van der Waals surface area contributed by atoms with Gasteiger partial charge in [-0.25, -0.2) is 4.79 Å². The number of thiol groups is 1. The van der Waals surface area contributed by atoms with Crippen LogP contribution in [0.5, 0.6) is 0 Å². The van der Waals surface area contributed by atoms with Crippen molar-refractivity contribution in [1.82, 2.24) is 9.21 Å². The van der Waals surface area contributed by atoms with Crippen molar-refractivity contribution in [3.63, 3.8) is 0 Å². The Kier molecular flexibility index (Phi) is 7.76. The van der Waals surface area contributed by atoms with Gasteiger partial charge in [0.1, 0.15) is 0 Å². The first-order valence-electron chi connectivity index (χ1n) is 5.35. The van der Waals surface area contributed by atoms with Crippen LogP contribution in [0.15, 0.2) is 0 Å². The fourth-order valence-corrected chi connectivity index (χ4v) is 1.33. The molecule has 0 aliphatic heterocycles. The molecular formula is C10H22N2OS. The molecule has 2 amide bonds. The third-order valence-electron chi connectivity index (χ3n) is 2.11. The first-order valence-corrected chi connectivity index (χ1v) is 5.75. The first-order chi connectivity index (χ1) is 6.63. The molecule has 0 bridgehead atoms. The van der Waals surface area contributed by atoms with Crippen LogP contribution in [-0.4, -0.2) is 35.4 Å². The average Bonchev–Trinajstić information content (AvgIpc) is 2.17. The molecule has 3 nitrogen and oxygen atoms in total. The molecule has 0 atom stereocenters. The Morgan fingerprint density at radius 3 is 1.86 bits per heavy atom. The smallest absolute Gasteiger partial charge is 0.324 e. The van der Waals surface area contributed by atoms with E-state index < -0.39 is 0 Å². The van der Waals surface area contributed by atoms with Crippen LogP contribution in [-0.2, 0) is 0 Å². The summed E-state index contributed by atoms with van der Waals surface area (Å²) in [4.78, 5) is 13.5. The highest BCUT2D eigenvalue weighted by Gasteiger charge is 2.14. The monoisotopic (exact) mass is 218 g/mol. The summed E-state index contributed by atoms with van der Waals surface area (Å²) in [6.07, 6.45) is 4.37. The minimum Gasteiger partial charge on any atom is -0.324 e. The average molecular weight is 218 g/mol. The summed E-state index contributed by atoms with van der Waals surface area (Å²) in [5, 5.41) is 0. The zero-order valence-corrected chi connectivity index (χ0v) is 10.4. The molecule has 0 unspecified atom stereocenters. The van der Waals surface area contributed by atoms with Gasteiger partial charge in [-0.3, -0.25) is 4.31 Å². The van der Waals surface area contributed by atoms with Crippen molar-refractivity contribution in [2.24, 2.45) is 0 Å². The molecule has 0 aromatic rings. The molecule has 0 rings (SSSR count). The lowest BCUT2D eigenvalue weighted by atomic mass is 10.3. The first kappa shape index (κ1) is 13.6. The SMILES string of the molecule is CCCCN(CCCC)C(=O)N(C)S. The highest BCUT2D eigenvalue weighted by molar-refractivity contribution is 7.78. The molecule has 0 saturated heterocycles. The molecule has 0 aromatic heterocycles. The zero-order valence-electron chi connectivity index (χ0n) is 9.49. The topological polar surface area (TPSA) is 23.6 Å². The van der Waals surface area contributed by atoms with Crippen LogP contribution in [0, 0.1) is 0 Å². The summed E-state index contributed by atoms with van der Waals surface area (Å²) in [5.41, 5.74) is 0. The van der Waals surface area contributed by atoms with E-state index in [1.54, 1.807) is 7.05 Å². The summed E-state index contributed by atoms with van der Waals surface area (Å²) in [5.74, 6) is 0. The van der Waals surface area contributed by atoms with E-state index in [0.717, 1.165) is 38.8 Å². The minimum atomic E-state index is 0.00948. The van der Waals surface area contributed by atoms with E-state index in [0.29, 0.717) is 0 Å². The molecule has 0 aliphatic carbocycles. The van der Waals surface area contributed by atoms with Gasteiger partial charge in [-0.05, 0) is 12.8 Å². The molecule has 14 heavy (non-hydrogen) atoms. The number of hydrogen-bond donors (Lipinski definition) is 1. The Morgan fingerprint density at radius 1 is 1.14 bits per heavy atom. The Morgan fingerprint density at radius 2 is 1.57 bits per heavy atom. The number of amides is 2. The summed E-state index contributed by atoms with van der Waals surface area (Å²) in [7, 11) is 1.68. The van der Waals surface area contributed by atoms with Crippen LogP contribution in [0.2, 0.25) is 0 Å². The summed E-state index contributed by atoms with van der Waals surface area (Å²) in [6.45, 7) is 5.96. The van der Waals surface area contributed by atoms with Crippen molar-refractivity contribution >= 4 is 18.8 Å². The van der Waals surface area contributed by atoms with E-state index in [4.69, 9.17) is 0 Å². The van der Waals surface area contributed by atoms with Crippen molar-refractivity contribution < 1.29 is 4.79 Å². The van der Waals surface area contributed by atoms with Crippen LogP contribution >= 0.6 is 12.8 Å². The predicted octanol–water partition coefficient (Wildman–Crippen LogP) is 2.79. The van der Waals surface area contributed by atoms with Crippen molar-refractivity contribution in [2.75, 3.05) is 20.1 Å². The maximum atomic E-state index is 11.6. The van der Waals surface area contributed by atoms with E-state index in [1.807, 2.05) is 4.90 Å². The van der Waals surface area contributed by atoms with Crippen molar-refractivity contribution in [3.05, 3.63) is 0 Å². The summed E-state index contributed by atoms with van der Waals surface area (Å²) in [6, 6.07) is 0.00948. The molecule has 0 heterocycles. The van der Waals surface area contributed by atoms with Gasteiger partial charge in [0.25, 0.3) is 0 Å².